The van der Waals surface area contributed by atoms with Gasteiger partial charge in [-0.15, -0.1) is 0 Å². The van der Waals surface area contributed by atoms with Gasteiger partial charge in [-0.25, -0.2) is 4.98 Å². The van der Waals surface area contributed by atoms with Crippen LogP contribution in [0.5, 0.6) is 0 Å². The second kappa shape index (κ2) is 5.79. The average molecular weight is 349 g/mol. The molecule has 2 N–H and O–H groups in total. The first-order valence-corrected chi connectivity index (χ1v) is 8.35. The van der Waals surface area contributed by atoms with E-state index in [2.05, 4.69) is 39.3 Å². The Bertz CT molecular complexity index is 642. The molecule has 1 saturated carbocycles. The summed E-state index contributed by atoms with van der Waals surface area (Å²) in [6, 6.07) is 2.34. The molecule has 0 spiro atoms. The first kappa shape index (κ1) is 14.6. The van der Waals surface area contributed by atoms with Crippen LogP contribution < -0.4 is 5.73 Å². The van der Waals surface area contributed by atoms with Crippen molar-refractivity contribution in [2.75, 3.05) is 5.73 Å². The Balaban J connectivity index is 2.11. The molecule has 4 nitrogen and oxygen atoms in total. The molecule has 0 atom stereocenters. The Kier molecular flexibility index (Phi) is 4.02. The maximum atomic E-state index is 6.41. The molecule has 1 aliphatic rings. The van der Waals surface area contributed by atoms with Crippen molar-refractivity contribution in [2.45, 2.75) is 51.5 Å². The van der Waals surface area contributed by atoms with Crippen molar-refractivity contribution >= 4 is 21.7 Å². The summed E-state index contributed by atoms with van der Waals surface area (Å²) in [6.07, 6.45) is 8.63. The monoisotopic (exact) mass is 348 g/mol. The van der Waals surface area contributed by atoms with Crippen LogP contribution in [0.15, 0.2) is 22.9 Å². The zero-order chi connectivity index (χ0) is 15.0. The summed E-state index contributed by atoms with van der Waals surface area (Å²) in [5.74, 6) is 2.45. The molecule has 112 valence electrons. The van der Waals surface area contributed by atoms with E-state index in [-0.39, 0.29) is 0 Å². The van der Waals surface area contributed by atoms with E-state index >= 15 is 0 Å². The van der Waals surface area contributed by atoms with E-state index in [4.69, 9.17) is 10.7 Å². The number of pyridine rings is 1. The summed E-state index contributed by atoms with van der Waals surface area (Å²) in [6.45, 7) is 4.33. The number of halogens is 1. The number of hydrogen-bond donors (Lipinski definition) is 1. The molecular formula is C16H21BrN4. The van der Waals surface area contributed by atoms with Gasteiger partial charge in [0.15, 0.2) is 0 Å². The highest BCUT2D eigenvalue weighted by Crippen LogP contribution is 2.39. The number of imidazole rings is 1. The lowest BCUT2D eigenvalue weighted by Crippen LogP contribution is -2.11. The fraction of sp³-hybridized carbons (Fsp3) is 0.500. The Morgan fingerprint density at radius 2 is 2.00 bits per heavy atom. The smallest absolute Gasteiger partial charge is 0.132 e. The third-order valence-electron chi connectivity index (χ3n) is 4.19. The van der Waals surface area contributed by atoms with Gasteiger partial charge in [0.05, 0.1) is 0 Å². The number of rotatable bonds is 3. The summed E-state index contributed by atoms with van der Waals surface area (Å²) in [5, 5.41) is 0. The lowest BCUT2D eigenvalue weighted by atomic mass is 10.1. The maximum Gasteiger partial charge on any atom is 0.132 e. The third-order valence-corrected chi connectivity index (χ3v) is 4.62. The van der Waals surface area contributed by atoms with E-state index in [1.54, 1.807) is 6.20 Å². The number of anilines is 1. The summed E-state index contributed by atoms with van der Waals surface area (Å²) < 4.78 is 3.15. The van der Waals surface area contributed by atoms with E-state index in [9.17, 15) is 0 Å². The molecule has 5 heteroatoms. The third kappa shape index (κ3) is 2.71. The van der Waals surface area contributed by atoms with Crippen LogP contribution in [0.4, 0.5) is 5.82 Å². The highest BCUT2D eigenvalue weighted by Gasteiger charge is 2.26. The van der Waals surface area contributed by atoms with Crippen LogP contribution in [-0.2, 0) is 0 Å². The molecule has 2 heterocycles. The fourth-order valence-corrected chi connectivity index (χ4v) is 3.60. The van der Waals surface area contributed by atoms with Gasteiger partial charge in [-0.3, -0.25) is 4.98 Å². The van der Waals surface area contributed by atoms with E-state index in [1.165, 1.54) is 25.7 Å². The summed E-state index contributed by atoms with van der Waals surface area (Å²) >= 11 is 3.47. The molecule has 1 aliphatic carbocycles. The molecule has 21 heavy (non-hydrogen) atoms. The van der Waals surface area contributed by atoms with Gasteiger partial charge in [0.25, 0.3) is 0 Å². The molecule has 0 amide bonds. The Morgan fingerprint density at radius 3 is 2.62 bits per heavy atom. The van der Waals surface area contributed by atoms with Crippen LogP contribution >= 0.6 is 15.9 Å². The normalized spacial score (nSPS) is 16.0. The molecule has 0 radical (unpaired) electrons. The van der Waals surface area contributed by atoms with Gasteiger partial charge in [-0.05, 0) is 48.7 Å². The van der Waals surface area contributed by atoms with E-state index in [0.717, 1.165) is 27.4 Å². The SMILES string of the molecule is CC(C)n1c(C2CCCC2)nc(-c2cncc(Br)c2)c1N. The molecule has 2 aromatic rings. The minimum absolute atomic E-state index is 0.321. The van der Waals surface area contributed by atoms with Crippen molar-refractivity contribution in [1.82, 2.24) is 14.5 Å². The predicted octanol–water partition coefficient (Wildman–Crippen LogP) is 4.53. The van der Waals surface area contributed by atoms with Gasteiger partial charge in [0, 0.05) is 34.4 Å². The number of hydrogen-bond acceptors (Lipinski definition) is 3. The minimum atomic E-state index is 0.321. The summed E-state index contributed by atoms with van der Waals surface area (Å²) in [5.41, 5.74) is 8.25. The van der Waals surface area contributed by atoms with Crippen molar-refractivity contribution in [3.63, 3.8) is 0 Å². The van der Waals surface area contributed by atoms with E-state index in [1.807, 2.05) is 12.3 Å². The molecule has 0 aliphatic heterocycles. The molecule has 1 fully saturated rings. The number of aromatic nitrogens is 3. The number of nitrogens with two attached hydrogens (primary N) is 1. The fourth-order valence-electron chi connectivity index (χ4n) is 3.23. The number of nitrogens with zero attached hydrogens (tertiary/aromatic N) is 3. The van der Waals surface area contributed by atoms with Crippen LogP contribution in [0, 0.1) is 0 Å². The van der Waals surface area contributed by atoms with Gasteiger partial charge in [0.1, 0.15) is 17.3 Å². The lowest BCUT2D eigenvalue weighted by Gasteiger charge is -2.17. The highest BCUT2D eigenvalue weighted by molar-refractivity contribution is 9.10. The molecular weight excluding hydrogens is 328 g/mol. The molecule has 3 rings (SSSR count). The van der Waals surface area contributed by atoms with Crippen LogP contribution in [0.1, 0.15) is 57.3 Å². The standard InChI is InChI=1S/C16H21BrN4/c1-10(2)21-15(18)14(12-7-13(17)9-19-8-12)20-16(21)11-5-3-4-6-11/h7-11H,3-6,18H2,1-2H3. The van der Waals surface area contributed by atoms with Crippen LogP contribution in [0.2, 0.25) is 0 Å². The largest absolute Gasteiger partial charge is 0.383 e. The van der Waals surface area contributed by atoms with Crippen LogP contribution in [0.25, 0.3) is 11.3 Å². The predicted molar refractivity (Wildman–Crippen MR) is 89.2 cm³/mol. The second-order valence-electron chi connectivity index (χ2n) is 6.04. The zero-order valence-corrected chi connectivity index (χ0v) is 14.1. The van der Waals surface area contributed by atoms with Crippen LogP contribution in [-0.4, -0.2) is 14.5 Å². The Labute approximate surface area is 133 Å². The van der Waals surface area contributed by atoms with Crippen molar-refractivity contribution in [2.24, 2.45) is 0 Å². The minimum Gasteiger partial charge on any atom is -0.383 e. The zero-order valence-electron chi connectivity index (χ0n) is 12.5. The van der Waals surface area contributed by atoms with Crippen molar-refractivity contribution < 1.29 is 0 Å². The topological polar surface area (TPSA) is 56.7 Å². The van der Waals surface area contributed by atoms with Crippen LogP contribution in [0.3, 0.4) is 0 Å². The summed E-state index contributed by atoms with van der Waals surface area (Å²) in [4.78, 5) is 9.13. The van der Waals surface area contributed by atoms with Crippen molar-refractivity contribution in [3.05, 3.63) is 28.8 Å². The molecule has 0 saturated heterocycles. The van der Waals surface area contributed by atoms with E-state index in [0.29, 0.717) is 12.0 Å². The van der Waals surface area contributed by atoms with Crippen molar-refractivity contribution in [1.29, 1.82) is 0 Å². The van der Waals surface area contributed by atoms with Gasteiger partial charge < -0.3 is 10.3 Å². The quantitative estimate of drug-likeness (QED) is 0.886. The van der Waals surface area contributed by atoms with Gasteiger partial charge in [-0.1, -0.05) is 12.8 Å². The first-order chi connectivity index (χ1) is 10.1. The maximum absolute atomic E-state index is 6.41. The second-order valence-corrected chi connectivity index (χ2v) is 6.96. The highest BCUT2D eigenvalue weighted by atomic mass is 79.9. The summed E-state index contributed by atoms with van der Waals surface area (Å²) in [7, 11) is 0. The Morgan fingerprint density at radius 1 is 1.29 bits per heavy atom. The molecule has 0 bridgehead atoms. The van der Waals surface area contributed by atoms with E-state index < -0.39 is 0 Å². The first-order valence-electron chi connectivity index (χ1n) is 7.56. The van der Waals surface area contributed by atoms with Crippen molar-refractivity contribution in [3.8, 4) is 11.3 Å². The number of nitrogen functional groups attached to an aromatic ring is 1. The molecule has 2 aromatic heterocycles. The molecule has 0 aromatic carbocycles. The molecule has 0 unspecified atom stereocenters. The lowest BCUT2D eigenvalue weighted by molar-refractivity contribution is 0.534. The average Bonchev–Trinajstić information content (AvgIpc) is 3.05. The van der Waals surface area contributed by atoms with Gasteiger partial charge in [0.2, 0.25) is 0 Å². The van der Waals surface area contributed by atoms with Gasteiger partial charge >= 0.3 is 0 Å². The van der Waals surface area contributed by atoms with Gasteiger partial charge in [-0.2, -0.15) is 0 Å². The Hall–Kier alpha value is -1.36.